The van der Waals surface area contributed by atoms with Crippen LogP contribution in [0, 0.1) is 12.8 Å². The van der Waals surface area contributed by atoms with Gasteiger partial charge in [0.2, 0.25) is 5.91 Å². The van der Waals surface area contributed by atoms with Crippen molar-refractivity contribution in [1.82, 2.24) is 13.6 Å². The molecule has 0 saturated carbocycles. The summed E-state index contributed by atoms with van der Waals surface area (Å²) in [6.45, 7) is 4.73. The number of hydrogen-bond donors (Lipinski definition) is 1. The van der Waals surface area contributed by atoms with Crippen LogP contribution in [0.2, 0.25) is 0 Å². The summed E-state index contributed by atoms with van der Waals surface area (Å²) in [5.41, 5.74) is 0.988. The van der Waals surface area contributed by atoms with Gasteiger partial charge in [-0.2, -0.15) is 17.0 Å². The number of carbonyl (C=O) groups is 1. The first kappa shape index (κ1) is 17.8. The van der Waals surface area contributed by atoms with Crippen molar-refractivity contribution in [2.45, 2.75) is 26.7 Å². The zero-order valence-corrected chi connectivity index (χ0v) is 14.6. The Bertz CT molecular complexity index is 645. The summed E-state index contributed by atoms with van der Waals surface area (Å²) in [6, 6.07) is 3.52. The SMILES string of the molecule is Cc1ccc(NC(=O)CN(C)S(=O)(=O)N2CCC[C@@H](C)C2)nc1. The van der Waals surface area contributed by atoms with Crippen molar-refractivity contribution in [3.63, 3.8) is 0 Å². The molecule has 1 aromatic rings. The molecule has 2 heterocycles. The zero-order chi connectivity index (χ0) is 17.0. The molecule has 1 fully saturated rings. The first-order valence-corrected chi connectivity index (χ1v) is 9.12. The molecule has 23 heavy (non-hydrogen) atoms. The quantitative estimate of drug-likeness (QED) is 0.874. The van der Waals surface area contributed by atoms with E-state index in [2.05, 4.69) is 10.3 Å². The van der Waals surface area contributed by atoms with E-state index in [-0.39, 0.29) is 6.54 Å². The molecule has 1 atom stereocenters. The molecule has 1 aliphatic rings. The first-order valence-electron chi connectivity index (χ1n) is 7.73. The first-order chi connectivity index (χ1) is 10.8. The number of aromatic nitrogens is 1. The van der Waals surface area contributed by atoms with Crippen molar-refractivity contribution < 1.29 is 13.2 Å². The normalized spacial score (nSPS) is 19.7. The van der Waals surface area contributed by atoms with Crippen LogP contribution in [-0.2, 0) is 15.0 Å². The Balaban J connectivity index is 1.95. The standard InChI is InChI=1S/C15H24N4O3S/c1-12-6-7-14(16-9-12)17-15(20)11-18(3)23(21,22)19-8-4-5-13(2)10-19/h6-7,9,13H,4-5,8,10-11H2,1-3H3,(H,16,17,20)/t13-/m1/s1. The van der Waals surface area contributed by atoms with Gasteiger partial charge in [0.25, 0.3) is 10.2 Å². The van der Waals surface area contributed by atoms with Gasteiger partial charge in [-0.1, -0.05) is 13.0 Å². The second-order valence-corrected chi connectivity index (χ2v) is 8.17. The molecule has 0 aromatic carbocycles. The van der Waals surface area contributed by atoms with Crippen molar-refractivity contribution in [3.05, 3.63) is 23.9 Å². The monoisotopic (exact) mass is 340 g/mol. The Kier molecular flexibility index (Phi) is 5.72. The van der Waals surface area contributed by atoms with Crippen LogP contribution in [0.1, 0.15) is 25.3 Å². The summed E-state index contributed by atoms with van der Waals surface area (Å²) < 4.78 is 27.6. The maximum atomic E-state index is 12.5. The highest BCUT2D eigenvalue weighted by Gasteiger charge is 2.31. The number of likely N-dealkylation sites (N-methyl/N-ethyl adjacent to an activating group) is 1. The number of aryl methyl sites for hydroxylation is 1. The average Bonchev–Trinajstić information content (AvgIpc) is 2.49. The highest BCUT2D eigenvalue weighted by atomic mass is 32.2. The molecule has 8 heteroatoms. The number of anilines is 1. The Morgan fingerprint density at radius 1 is 1.48 bits per heavy atom. The summed E-state index contributed by atoms with van der Waals surface area (Å²) in [5.74, 6) is 0.355. The number of rotatable bonds is 5. The number of nitrogens with one attached hydrogen (secondary N) is 1. The van der Waals surface area contributed by atoms with E-state index in [9.17, 15) is 13.2 Å². The molecule has 0 radical (unpaired) electrons. The van der Waals surface area contributed by atoms with Gasteiger partial charge in [0.05, 0.1) is 6.54 Å². The number of piperidine rings is 1. The van der Waals surface area contributed by atoms with Crippen molar-refractivity contribution in [1.29, 1.82) is 0 Å². The van der Waals surface area contributed by atoms with E-state index >= 15 is 0 Å². The van der Waals surface area contributed by atoms with E-state index in [4.69, 9.17) is 0 Å². The van der Waals surface area contributed by atoms with Crippen molar-refractivity contribution in [2.75, 3.05) is 32.0 Å². The molecule has 1 amide bonds. The topological polar surface area (TPSA) is 82.6 Å². The Morgan fingerprint density at radius 3 is 2.83 bits per heavy atom. The molecule has 1 saturated heterocycles. The fourth-order valence-corrected chi connectivity index (χ4v) is 4.04. The smallest absolute Gasteiger partial charge is 0.282 e. The lowest BCUT2D eigenvalue weighted by molar-refractivity contribution is -0.116. The lowest BCUT2D eigenvalue weighted by Gasteiger charge is -2.32. The molecule has 0 spiro atoms. The van der Waals surface area contributed by atoms with Gasteiger partial charge in [0, 0.05) is 26.3 Å². The predicted octanol–water partition coefficient (Wildman–Crippen LogP) is 1.24. The van der Waals surface area contributed by atoms with E-state index in [1.54, 1.807) is 12.3 Å². The third-order valence-electron chi connectivity index (χ3n) is 3.89. The average molecular weight is 340 g/mol. The van der Waals surface area contributed by atoms with Crippen LogP contribution in [0.5, 0.6) is 0 Å². The molecule has 2 rings (SSSR count). The van der Waals surface area contributed by atoms with Gasteiger partial charge >= 0.3 is 0 Å². The second-order valence-electron chi connectivity index (χ2n) is 6.14. The minimum atomic E-state index is -3.60. The molecule has 7 nitrogen and oxygen atoms in total. The third kappa shape index (κ3) is 4.73. The summed E-state index contributed by atoms with van der Waals surface area (Å²) in [4.78, 5) is 16.1. The third-order valence-corrected chi connectivity index (χ3v) is 5.79. The van der Waals surface area contributed by atoms with E-state index in [0.717, 1.165) is 22.7 Å². The number of hydrogen-bond acceptors (Lipinski definition) is 4. The zero-order valence-electron chi connectivity index (χ0n) is 13.8. The summed E-state index contributed by atoms with van der Waals surface area (Å²) in [5, 5.41) is 2.61. The van der Waals surface area contributed by atoms with E-state index in [1.807, 2.05) is 19.9 Å². The molecule has 1 aliphatic heterocycles. The Morgan fingerprint density at radius 2 is 2.22 bits per heavy atom. The second kappa shape index (κ2) is 7.37. The largest absolute Gasteiger partial charge is 0.310 e. The van der Waals surface area contributed by atoms with Crippen molar-refractivity contribution in [2.24, 2.45) is 5.92 Å². The predicted molar refractivity (Wildman–Crippen MR) is 89.1 cm³/mol. The molecule has 0 bridgehead atoms. The van der Waals surface area contributed by atoms with E-state index in [0.29, 0.717) is 24.8 Å². The Labute approximate surface area is 137 Å². The molecule has 1 aromatic heterocycles. The summed E-state index contributed by atoms with van der Waals surface area (Å²) in [7, 11) is -2.18. The van der Waals surface area contributed by atoms with Crippen LogP contribution in [0.3, 0.4) is 0 Å². The van der Waals surface area contributed by atoms with Crippen LogP contribution in [0.4, 0.5) is 5.82 Å². The molecule has 0 aliphatic carbocycles. The fourth-order valence-electron chi connectivity index (χ4n) is 2.56. The molecule has 1 N–H and O–H groups in total. The number of carbonyl (C=O) groups excluding carboxylic acids is 1. The minimum absolute atomic E-state index is 0.233. The van der Waals surface area contributed by atoms with Crippen LogP contribution < -0.4 is 5.32 Å². The number of nitrogens with zero attached hydrogens (tertiary/aromatic N) is 3. The number of amides is 1. The maximum absolute atomic E-state index is 12.5. The van der Waals surface area contributed by atoms with Gasteiger partial charge in [-0.3, -0.25) is 4.79 Å². The van der Waals surface area contributed by atoms with Crippen LogP contribution >= 0.6 is 0 Å². The summed E-state index contributed by atoms with van der Waals surface area (Å²) in [6.07, 6.45) is 3.54. The van der Waals surface area contributed by atoms with E-state index in [1.165, 1.54) is 11.4 Å². The van der Waals surface area contributed by atoms with Crippen molar-refractivity contribution >= 4 is 21.9 Å². The molecule has 128 valence electrons. The van der Waals surface area contributed by atoms with Gasteiger partial charge in [-0.25, -0.2) is 4.98 Å². The lowest BCUT2D eigenvalue weighted by atomic mass is 10.0. The van der Waals surface area contributed by atoms with Crippen LogP contribution in [-0.4, -0.2) is 54.6 Å². The van der Waals surface area contributed by atoms with Gasteiger partial charge in [0.1, 0.15) is 5.82 Å². The van der Waals surface area contributed by atoms with Gasteiger partial charge < -0.3 is 5.32 Å². The Hall–Kier alpha value is -1.51. The fraction of sp³-hybridized carbons (Fsp3) is 0.600. The van der Waals surface area contributed by atoms with Crippen LogP contribution in [0.15, 0.2) is 18.3 Å². The van der Waals surface area contributed by atoms with E-state index < -0.39 is 16.1 Å². The highest BCUT2D eigenvalue weighted by Crippen LogP contribution is 2.19. The molecule has 0 unspecified atom stereocenters. The lowest BCUT2D eigenvalue weighted by Crippen LogP contribution is -2.48. The maximum Gasteiger partial charge on any atom is 0.282 e. The van der Waals surface area contributed by atoms with Crippen LogP contribution in [0.25, 0.3) is 0 Å². The molecular weight excluding hydrogens is 316 g/mol. The minimum Gasteiger partial charge on any atom is -0.310 e. The number of pyridine rings is 1. The highest BCUT2D eigenvalue weighted by molar-refractivity contribution is 7.86. The summed E-state index contributed by atoms with van der Waals surface area (Å²) >= 11 is 0. The molecular formula is C15H24N4O3S. The van der Waals surface area contributed by atoms with Crippen molar-refractivity contribution in [3.8, 4) is 0 Å². The van der Waals surface area contributed by atoms with Gasteiger partial charge in [0.15, 0.2) is 0 Å². The van der Waals surface area contributed by atoms with Gasteiger partial charge in [-0.15, -0.1) is 0 Å². The van der Waals surface area contributed by atoms with Gasteiger partial charge in [-0.05, 0) is 37.3 Å².